The summed E-state index contributed by atoms with van der Waals surface area (Å²) in [5.41, 5.74) is -0.739. The molecule has 0 aromatic carbocycles. The second-order valence-electron chi connectivity index (χ2n) is 2.28. The molecule has 0 aliphatic rings. The molecule has 13 heavy (non-hydrogen) atoms. The molecule has 0 spiro atoms. The van der Waals surface area contributed by atoms with Gasteiger partial charge in [0, 0.05) is 12.4 Å². The summed E-state index contributed by atoms with van der Waals surface area (Å²) in [6.45, 7) is -4.97. The number of rotatable bonds is 2. The van der Waals surface area contributed by atoms with Crippen LogP contribution >= 0.6 is 0 Å². The zero-order chi connectivity index (χ0) is 9.19. The van der Waals surface area contributed by atoms with E-state index >= 15 is 0 Å². The first-order valence-electron chi connectivity index (χ1n) is 3.20. The quantitative estimate of drug-likeness (QED) is 0.518. The first kappa shape index (κ1) is 13.4. The molecule has 1 aromatic rings. The summed E-state index contributed by atoms with van der Waals surface area (Å²) in [5.74, 6) is 0. The van der Waals surface area contributed by atoms with Gasteiger partial charge in [0.1, 0.15) is 0 Å². The number of halogens is 3. The van der Waals surface area contributed by atoms with Crippen molar-refractivity contribution in [2.24, 2.45) is 0 Å². The Morgan fingerprint density at radius 2 is 2.08 bits per heavy atom. The van der Waals surface area contributed by atoms with E-state index in [1.165, 1.54) is 0 Å². The van der Waals surface area contributed by atoms with Gasteiger partial charge in [-0.2, -0.15) is 0 Å². The minimum atomic E-state index is -4.97. The molecular weight excluding hydrogens is 211 g/mol. The number of aromatic nitrogens is 2. The minimum Gasteiger partial charge on any atom is -0.448 e. The van der Waals surface area contributed by atoms with Crippen LogP contribution in [0.5, 0.6) is 0 Å². The van der Waals surface area contributed by atoms with E-state index in [2.05, 4.69) is 4.98 Å². The maximum absolute atomic E-state index is 11.8. The van der Waals surface area contributed by atoms with E-state index in [0.717, 1.165) is 18.6 Å². The minimum absolute atomic E-state index is 0. The number of hydrogen-bond acceptors (Lipinski definition) is 2. The SMILES string of the molecule is O=c1cnccn1C[B-](F)(F)F.[K+]. The number of nitrogens with zero attached hydrogens (tertiary/aromatic N) is 2. The summed E-state index contributed by atoms with van der Waals surface area (Å²) in [6, 6.07) is 0. The third kappa shape index (κ3) is 4.96. The third-order valence-corrected chi connectivity index (χ3v) is 1.20. The summed E-state index contributed by atoms with van der Waals surface area (Å²) >= 11 is 0. The van der Waals surface area contributed by atoms with Gasteiger partial charge in [-0.1, -0.05) is 0 Å². The van der Waals surface area contributed by atoms with Gasteiger partial charge in [0.15, 0.2) is 0 Å². The molecule has 3 nitrogen and oxygen atoms in total. The molecule has 1 heterocycles. The van der Waals surface area contributed by atoms with Gasteiger partial charge in [0.2, 0.25) is 0 Å². The first-order valence-corrected chi connectivity index (χ1v) is 3.20. The smallest absolute Gasteiger partial charge is 0.448 e. The van der Waals surface area contributed by atoms with Crippen molar-refractivity contribution in [1.82, 2.24) is 9.55 Å². The van der Waals surface area contributed by atoms with Gasteiger partial charge in [-0.15, -0.1) is 0 Å². The Bertz CT molecular complexity index is 326. The van der Waals surface area contributed by atoms with Crippen LogP contribution in [0, 0.1) is 0 Å². The molecule has 0 fully saturated rings. The maximum Gasteiger partial charge on any atom is 1.00 e. The standard InChI is InChI=1S/C5H5BF3N2O.K/c7-6(8,9)4-11-2-1-10-3-5(11)12;/h1-3H,4H2;/q-1;+1. The fourth-order valence-corrected chi connectivity index (χ4v) is 0.747. The van der Waals surface area contributed by atoms with Gasteiger partial charge in [0.05, 0.1) is 6.20 Å². The molecule has 0 N–H and O–H groups in total. The van der Waals surface area contributed by atoms with Crippen LogP contribution in [-0.2, 0) is 6.44 Å². The van der Waals surface area contributed by atoms with Gasteiger partial charge >= 0.3 is 58.4 Å². The van der Waals surface area contributed by atoms with E-state index < -0.39 is 19.0 Å². The Hall–Kier alpha value is 0.371. The number of hydrogen-bond donors (Lipinski definition) is 0. The van der Waals surface area contributed by atoms with Crippen LogP contribution in [0.1, 0.15) is 0 Å². The molecule has 0 unspecified atom stereocenters. The molecule has 0 saturated carbocycles. The Balaban J connectivity index is 0.00000144. The average molecular weight is 216 g/mol. The van der Waals surface area contributed by atoms with Gasteiger partial charge in [-0.25, -0.2) is 0 Å². The fourth-order valence-electron chi connectivity index (χ4n) is 0.747. The van der Waals surface area contributed by atoms with Crippen LogP contribution in [0.25, 0.3) is 0 Å². The van der Waals surface area contributed by atoms with Crippen LogP contribution in [0.15, 0.2) is 23.4 Å². The van der Waals surface area contributed by atoms with E-state index in [0.29, 0.717) is 4.57 Å². The van der Waals surface area contributed by atoms with Crippen molar-refractivity contribution in [2.75, 3.05) is 0 Å². The molecule has 0 amide bonds. The summed E-state index contributed by atoms with van der Waals surface area (Å²) in [5, 5.41) is 0. The molecule has 0 saturated heterocycles. The van der Waals surface area contributed by atoms with Crippen molar-refractivity contribution in [3.8, 4) is 0 Å². The molecule has 8 heteroatoms. The second-order valence-corrected chi connectivity index (χ2v) is 2.28. The predicted octanol–water partition coefficient (Wildman–Crippen LogP) is -2.37. The van der Waals surface area contributed by atoms with Crippen molar-refractivity contribution >= 4 is 6.98 Å². The van der Waals surface area contributed by atoms with E-state index in [4.69, 9.17) is 0 Å². The van der Waals surface area contributed by atoms with Crippen LogP contribution in [-0.4, -0.2) is 16.5 Å². The molecule has 0 bridgehead atoms. The third-order valence-electron chi connectivity index (χ3n) is 1.20. The molecule has 1 aromatic heterocycles. The Morgan fingerprint density at radius 1 is 1.46 bits per heavy atom. The topological polar surface area (TPSA) is 34.9 Å². The van der Waals surface area contributed by atoms with E-state index in [9.17, 15) is 17.7 Å². The zero-order valence-electron chi connectivity index (χ0n) is 6.95. The van der Waals surface area contributed by atoms with Crippen molar-refractivity contribution in [3.05, 3.63) is 28.9 Å². The maximum atomic E-state index is 11.8. The van der Waals surface area contributed by atoms with Crippen LogP contribution in [0.2, 0.25) is 0 Å². The van der Waals surface area contributed by atoms with Crippen molar-refractivity contribution in [3.63, 3.8) is 0 Å². The van der Waals surface area contributed by atoms with Crippen molar-refractivity contribution in [2.45, 2.75) is 6.44 Å². The van der Waals surface area contributed by atoms with Crippen LogP contribution in [0.3, 0.4) is 0 Å². The van der Waals surface area contributed by atoms with Gasteiger partial charge in [-0.3, -0.25) is 9.78 Å². The summed E-state index contributed by atoms with van der Waals surface area (Å²) in [6.07, 6.45) is 1.80. The van der Waals surface area contributed by atoms with Crippen molar-refractivity contribution < 1.29 is 64.3 Å². The normalized spacial score (nSPS) is 10.7. The van der Waals surface area contributed by atoms with Crippen LogP contribution in [0.4, 0.5) is 12.9 Å². The summed E-state index contributed by atoms with van der Waals surface area (Å²) < 4.78 is 36.0. The van der Waals surface area contributed by atoms with Gasteiger partial charge in [0.25, 0.3) is 5.56 Å². The molecule has 1 rings (SSSR count). The Labute approximate surface area is 115 Å². The fraction of sp³-hybridized carbons (Fsp3) is 0.200. The predicted molar refractivity (Wildman–Crippen MR) is 37.6 cm³/mol. The zero-order valence-corrected chi connectivity index (χ0v) is 10.1. The van der Waals surface area contributed by atoms with Gasteiger partial charge in [-0.05, 0) is 6.44 Å². The van der Waals surface area contributed by atoms with Gasteiger partial charge < -0.3 is 17.5 Å². The largest absolute Gasteiger partial charge is 1.00 e. The summed E-state index contributed by atoms with van der Waals surface area (Å²) in [7, 11) is 0. The second kappa shape index (κ2) is 5.30. The molecule has 0 aliphatic heterocycles. The molecule has 0 atom stereocenters. The van der Waals surface area contributed by atoms with E-state index in [1.807, 2.05) is 0 Å². The van der Waals surface area contributed by atoms with Crippen molar-refractivity contribution in [1.29, 1.82) is 0 Å². The van der Waals surface area contributed by atoms with Crippen LogP contribution < -0.4 is 56.9 Å². The molecule has 66 valence electrons. The average Bonchev–Trinajstić information content (AvgIpc) is 1.91. The summed E-state index contributed by atoms with van der Waals surface area (Å²) in [4.78, 5) is 14.1. The Kier molecular flexibility index (Phi) is 5.45. The van der Waals surface area contributed by atoms with E-state index in [-0.39, 0.29) is 51.4 Å². The molecular formula is C5H5BF3KN2O. The Morgan fingerprint density at radius 3 is 2.54 bits per heavy atom. The molecule has 0 aliphatic carbocycles. The molecule has 0 radical (unpaired) electrons. The monoisotopic (exact) mass is 216 g/mol. The van der Waals surface area contributed by atoms with E-state index in [1.54, 1.807) is 0 Å². The first-order chi connectivity index (χ1) is 5.49.